The summed E-state index contributed by atoms with van der Waals surface area (Å²) >= 11 is 6.67. The predicted molar refractivity (Wildman–Crippen MR) is 89.4 cm³/mol. The smallest absolute Gasteiger partial charge is 0.271 e. The topological polar surface area (TPSA) is 83.8 Å². The lowest BCUT2D eigenvalue weighted by Crippen LogP contribution is -2.17. The monoisotopic (exact) mass is 427 g/mol. The molecule has 6 nitrogen and oxygen atoms in total. The number of carbonyl (C=O) groups excluding carboxylic acids is 1. The fourth-order valence-electron chi connectivity index (χ4n) is 1.61. The maximum absolute atomic E-state index is 11.8. The van der Waals surface area contributed by atoms with E-state index in [0.29, 0.717) is 20.1 Å². The quantitative estimate of drug-likeness (QED) is 0.578. The molecule has 0 radical (unpaired) electrons. The molecule has 1 amide bonds. The number of phenols is 1. The Morgan fingerprint density at radius 3 is 2.73 bits per heavy atom. The molecule has 0 aliphatic carbocycles. The first-order valence-corrected chi connectivity index (χ1v) is 7.61. The van der Waals surface area contributed by atoms with Crippen molar-refractivity contribution in [2.75, 3.05) is 7.11 Å². The minimum Gasteiger partial charge on any atom is -0.504 e. The van der Waals surface area contributed by atoms with Crippen molar-refractivity contribution in [1.29, 1.82) is 0 Å². The van der Waals surface area contributed by atoms with Crippen LogP contribution in [-0.2, 0) is 0 Å². The van der Waals surface area contributed by atoms with E-state index >= 15 is 0 Å². The number of hydrogen-bond acceptors (Lipinski definition) is 5. The molecule has 0 aliphatic rings. The van der Waals surface area contributed by atoms with Crippen molar-refractivity contribution >= 4 is 44.0 Å². The molecule has 2 aromatic rings. The largest absolute Gasteiger partial charge is 0.504 e. The van der Waals surface area contributed by atoms with Gasteiger partial charge in [0, 0.05) is 26.9 Å². The minimum atomic E-state index is -0.378. The standard InChI is InChI=1S/C14H11Br2N3O3/c1-22-11-6-10(15)12(16)9(13(11)20)7-18-19-14(21)8-2-4-17-5-3-8/h2-7,20H,1H3,(H,19,21)/b18-7-. The third-order valence-corrected chi connectivity index (χ3v) is 4.73. The highest BCUT2D eigenvalue weighted by molar-refractivity contribution is 9.13. The number of hydrazone groups is 1. The molecule has 0 bridgehead atoms. The number of amides is 1. The number of aromatic hydroxyl groups is 1. The fourth-order valence-corrected chi connectivity index (χ4v) is 2.43. The van der Waals surface area contributed by atoms with E-state index < -0.39 is 0 Å². The highest BCUT2D eigenvalue weighted by Crippen LogP contribution is 2.39. The molecule has 2 N–H and O–H groups in total. The number of pyridine rings is 1. The van der Waals surface area contributed by atoms with Gasteiger partial charge in [0.25, 0.3) is 5.91 Å². The number of hydrogen-bond donors (Lipinski definition) is 2. The van der Waals surface area contributed by atoms with Crippen LogP contribution in [0.25, 0.3) is 0 Å². The second-order valence-electron chi connectivity index (χ2n) is 4.07. The number of ether oxygens (including phenoxy) is 1. The zero-order chi connectivity index (χ0) is 16.1. The van der Waals surface area contributed by atoms with Crippen LogP contribution in [0.2, 0.25) is 0 Å². The molecule has 1 aromatic carbocycles. The van der Waals surface area contributed by atoms with Crippen molar-refractivity contribution in [3.05, 3.63) is 50.7 Å². The lowest BCUT2D eigenvalue weighted by Gasteiger charge is -2.09. The molecular weight excluding hydrogens is 418 g/mol. The zero-order valence-corrected chi connectivity index (χ0v) is 14.6. The lowest BCUT2D eigenvalue weighted by atomic mass is 10.2. The summed E-state index contributed by atoms with van der Waals surface area (Å²) in [5.74, 6) is -0.173. The molecule has 22 heavy (non-hydrogen) atoms. The van der Waals surface area contributed by atoms with Crippen LogP contribution in [0.4, 0.5) is 0 Å². The Hall–Kier alpha value is -1.93. The summed E-state index contributed by atoms with van der Waals surface area (Å²) < 4.78 is 6.34. The average Bonchev–Trinajstić information content (AvgIpc) is 2.54. The van der Waals surface area contributed by atoms with Crippen LogP contribution in [0.15, 0.2) is 44.6 Å². The summed E-state index contributed by atoms with van der Waals surface area (Å²) in [6.45, 7) is 0. The summed E-state index contributed by atoms with van der Waals surface area (Å²) in [5, 5.41) is 13.9. The van der Waals surface area contributed by atoms with Crippen LogP contribution in [0, 0.1) is 0 Å². The van der Waals surface area contributed by atoms with Crippen molar-refractivity contribution in [3.8, 4) is 11.5 Å². The number of methoxy groups -OCH3 is 1. The van der Waals surface area contributed by atoms with E-state index in [1.54, 1.807) is 18.2 Å². The number of aromatic nitrogens is 1. The van der Waals surface area contributed by atoms with E-state index in [4.69, 9.17) is 4.74 Å². The van der Waals surface area contributed by atoms with Gasteiger partial charge in [-0.25, -0.2) is 5.43 Å². The number of nitrogens with one attached hydrogen (secondary N) is 1. The molecule has 0 unspecified atom stereocenters. The molecule has 114 valence electrons. The second-order valence-corrected chi connectivity index (χ2v) is 5.72. The zero-order valence-electron chi connectivity index (χ0n) is 11.4. The maximum Gasteiger partial charge on any atom is 0.271 e. The molecular formula is C14H11Br2N3O3. The van der Waals surface area contributed by atoms with Gasteiger partial charge < -0.3 is 9.84 Å². The Labute approximate surface area is 143 Å². The van der Waals surface area contributed by atoms with Crippen molar-refractivity contribution in [3.63, 3.8) is 0 Å². The van der Waals surface area contributed by atoms with Crippen LogP contribution >= 0.6 is 31.9 Å². The average molecular weight is 429 g/mol. The molecule has 0 saturated carbocycles. The van der Waals surface area contributed by atoms with Crippen LogP contribution in [0.1, 0.15) is 15.9 Å². The van der Waals surface area contributed by atoms with Crippen LogP contribution in [0.5, 0.6) is 11.5 Å². The summed E-state index contributed by atoms with van der Waals surface area (Å²) in [5.41, 5.74) is 3.18. The predicted octanol–water partition coefficient (Wildman–Crippen LogP) is 3.08. The van der Waals surface area contributed by atoms with Gasteiger partial charge >= 0.3 is 0 Å². The number of halogens is 2. The van der Waals surface area contributed by atoms with Gasteiger partial charge in [-0.15, -0.1) is 0 Å². The van der Waals surface area contributed by atoms with E-state index in [9.17, 15) is 9.90 Å². The summed E-state index contributed by atoms with van der Waals surface area (Å²) in [6, 6.07) is 4.76. The van der Waals surface area contributed by atoms with Gasteiger partial charge in [0.05, 0.1) is 18.9 Å². The molecule has 8 heteroatoms. The van der Waals surface area contributed by atoms with E-state index in [1.807, 2.05) is 0 Å². The molecule has 0 atom stereocenters. The SMILES string of the molecule is COc1cc(Br)c(Br)c(/C=N\NC(=O)c2ccncc2)c1O. The van der Waals surface area contributed by atoms with Gasteiger partial charge in [0.1, 0.15) is 0 Å². The van der Waals surface area contributed by atoms with Gasteiger partial charge in [0.15, 0.2) is 11.5 Å². The van der Waals surface area contributed by atoms with Crippen LogP contribution in [-0.4, -0.2) is 29.3 Å². The molecule has 1 aromatic heterocycles. The van der Waals surface area contributed by atoms with E-state index in [-0.39, 0.29) is 17.4 Å². The summed E-state index contributed by atoms with van der Waals surface area (Å²) in [7, 11) is 1.45. The first-order valence-electron chi connectivity index (χ1n) is 6.03. The van der Waals surface area contributed by atoms with Gasteiger partial charge in [-0.3, -0.25) is 9.78 Å². The first-order chi connectivity index (χ1) is 10.5. The first kappa shape index (κ1) is 16.4. The molecule has 0 spiro atoms. The normalized spacial score (nSPS) is 10.7. The van der Waals surface area contributed by atoms with Gasteiger partial charge in [-0.05, 0) is 50.1 Å². The van der Waals surface area contributed by atoms with Gasteiger partial charge in [-0.2, -0.15) is 5.10 Å². The van der Waals surface area contributed by atoms with Crippen LogP contribution in [0.3, 0.4) is 0 Å². The number of phenolic OH excluding ortho intramolecular Hbond substituents is 1. The van der Waals surface area contributed by atoms with Crippen molar-refractivity contribution in [1.82, 2.24) is 10.4 Å². The lowest BCUT2D eigenvalue weighted by molar-refractivity contribution is 0.0955. The Kier molecular flexibility index (Phi) is 5.51. The van der Waals surface area contributed by atoms with E-state index in [2.05, 4.69) is 47.4 Å². The number of benzene rings is 1. The van der Waals surface area contributed by atoms with Gasteiger partial charge in [0.2, 0.25) is 0 Å². The fraction of sp³-hybridized carbons (Fsp3) is 0.0714. The molecule has 0 aliphatic heterocycles. The molecule has 0 fully saturated rings. The Morgan fingerprint density at radius 1 is 1.41 bits per heavy atom. The Bertz CT molecular complexity index is 721. The Balaban J connectivity index is 2.20. The highest BCUT2D eigenvalue weighted by Gasteiger charge is 2.14. The third-order valence-electron chi connectivity index (χ3n) is 2.71. The summed E-state index contributed by atoms with van der Waals surface area (Å²) in [4.78, 5) is 15.7. The van der Waals surface area contributed by atoms with Crippen LogP contribution < -0.4 is 10.2 Å². The number of rotatable bonds is 4. The molecule has 0 saturated heterocycles. The van der Waals surface area contributed by atoms with Crippen molar-refractivity contribution in [2.45, 2.75) is 0 Å². The minimum absolute atomic E-state index is 0.0838. The van der Waals surface area contributed by atoms with Crippen molar-refractivity contribution in [2.24, 2.45) is 5.10 Å². The van der Waals surface area contributed by atoms with E-state index in [1.165, 1.54) is 25.7 Å². The maximum atomic E-state index is 11.8. The Morgan fingerprint density at radius 2 is 2.09 bits per heavy atom. The third kappa shape index (κ3) is 3.63. The molecule has 1 heterocycles. The highest BCUT2D eigenvalue weighted by atomic mass is 79.9. The number of carbonyl (C=O) groups is 1. The van der Waals surface area contributed by atoms with Gasteiger partial charge in [-0.1, -0.05) is 0 Å². The summed E-state index contributed by atoms with van der Waals surface area (Å²) in [6.07, 6.45) is 4.35. The molecule has 2 rings (SSSR count). The number of nitrogens with zero attached hydrogens (tertiary/aromatic N) is 2. The van der Waals surface area contributed by atoms with Crippen molar-refractivity contribution < 1.29 is 14.6 Å². The second kappa shape index (κ2) is 7.37. The van der Waals surface area contributed by atoms with E-state index in [0.717, 1.165) is 0 Å².